The van der Waals surface area contributed by atoms with Crippen LogP contribution in [0.1, 0.15) is 0 Å². The van der Waals surface area contributed by atoms with Crippen LogP contribution in [0.3, 0.4) is 0 Å². The maximum absolute atomic E-state index is 11.8. The molecule has 1 amide bonds. The van der Waals surface area contributed by atoms with Crippen molar-refractivity contribution >= 4 is 15.9 Å². The van der Waals surface area contributed by atoms with Crippen LogP contribution >= 0.6 is 0 Å². The molecule has 0 saturated heterocycles. The lowest BCUT2D eigenvalue weighted by atomic mass is 10.4. The summed E-state index contributed by atoms with van der Waals surface area (Å²) in [6, 6.07) is 7.34. The molecule has 0 radical (unpaired) electrons. The molecule has 0 heterocycles. The van der Waals surface area contributed by atoms with Gasteiger partial charge in [-0.15, -0.1) is 0 Å². The van der Waals surface area contributed by atoms with Crippen LogP contribution in [0, 0.1) is 0 Å². The Bertz CT molecular complexity index is 529. The molecule has 0 bridgehead atoms. The molecular weight excluding hydrogens is 285 g/mol. The number of carbonyl (C=O) groups is 1. The zero-order chi connectivity index (χ0) is 14.5. The zero-order valence-electron chi connectivity index (χ0n) is 9.57. The summed E-state index contributed by atoms with van der Waals surface area (Å²) in [6.45, 7) is -0.788. The summed E-state index contributed by atoms with van der Waals surface area (Å²) >= 11 is 0. The van der Waals surface area contributed by atoms with E-state index in [9.17, 15) is 26.4 Å². The Morgan fingerprint density at radius 1 is 1.11 bits per heavy atom. The van der Waals surface area contributed by atoms with Crippen LogP contribution in [0.15, 0.2) is 35.2 Å². The molecule has 0 fully saturated rings. The van der Waals surface area contributed by atoms with E-state index < -0.39 is 28.7 Å². The van der Waals surface area contributed by atoms with Crippen LogP contribution in [0.4, 0.5) is 13.2 Å². The Balaban J connectivity index is 2.44. The highest BCUT2D eigenvalue weighted by Crippen LogP contribution is 2.13. The highest BCUT2D eigenvalue weighted by Gasteiger charge is 2.38. The number of hydrogen-bond donors (Lipinski definition) is 2. The molecular formula is C10H11F3N2O3S. The number of benzene rings is 1. The van der Waals surface area contributed by atoms with E-state index >= 15 is 0 Å². The molecule has 9 heteroatoms. The van der Waals surface area contributed by atoms with Crippen molar-refractivity contribution in [3.63, 3.8) is 0 Å². The largest absolute Gasteiger partial charge is 0.471 e. The van der Waals surface area contributed by atoms with Crippen molar-refractivity contribution in [1.29, 1.82) is 0 Å². The van der Waals surface area contributed by atoms with Crippen LogP contribution in [0.25, 0.3) is 0 Å². The molecule has 0 aromatic heterocycles. The third kappa shape index (κ3) is 4.87. The van der Waals surface area contributed by atoms with Crippen molar-refractivity contribution in [2.24, 2.45) is 0 Å². The van der Waals surface area contributed by atoms with Gasteiger partial charge >= 0.3 is 12.1 Å². The maximum atomic E-state index is 11.8. The van der Waals surface area contributed by atoms with Gasteiger partial charge in [-0.3, -0.25) is 4.79 Å². The first-order valence-electron chi connectivity index (χ1n) is 5.13. The van der Waals surface area contributed by atoms with E-state index in [1.807, 2.05) is 0 Å². The number of carbonyl (C=O) groups excluding carboxylic acids is 1. The van der Waals surface area contributed by atoms with Crippen LogP contribution in [-0.4, -0.2) is 33.6 Å². The SMILES string of the molecule is O=C(NCCNS(=O)(=O)c1ccccc1)C(F)(F)F. The lowest BCUT2D eigenvalue weighted by Crippen LogP contribution is -2.41. The van der Waals surface area contributed by atoms with Gasteiger partial charge < -0.3 is 5.32 Å². The van der Waals surface area contributed by atoms with Crippen molar-refractivity contribution < 1.29 is 26.4 Å². The molecule has 0 atom stereocenters. The summed E-state index contributed by atoms with van der Waals surface area (Å²) in [5.41, 5.74) is 0. The second kappa shape index (κ2) is 6.02. The van der Waals surface area contributed by atoms with E-state index in [-0.39, 0.29) is 11.4 Å². The highest BCUT2D eigenvalue weighted by molar-refractivity contribution is 7.89. The number of sulfonamides is 1. The third-order valence-electron chi connectivity index (χ3n) is 2.01. The third-order valence-corrected chi connectivity index (χ3v) is 3.49. The topological polar surface area (TPSA) is 75.3 Å². The molecule has 0 aliphatic carbocycles. The molecule has 0 unspecified atom stereocenters. The maximum Gasteiger partial charge on any atom is 0.471 e. The van der Waals surface area contributed by atoms with Gasteiger partial charge in [-0.05, 0) is 12.1 Å². The smallest absolute Gasteiger partial charge is 0.347 e. The highest BCUT2D eigenvalue weighted by atomic mass is 32.2. The van der Waals surface area contributed by atoms with E-state index in [0.29, 0.717) is 0 Å². The van der Waals surface area contributed by atoms with Crippen LogP contribution < -0.4 is 10.0 Å². The summed E-state index contributed by atoms with van der Waals surface area (Å²) in [5, 5.41) is 1.56. The lowest BCUT2D eigenvalue weighted by Gasteiger charge is -2.09. The molecule has 1 aromatic carbocycles. The number of nitrogens with one attached hydrogen (secondary N) is 2. The normalized spacial score (nSPS) is 12.2. The Morgan fingerprint density at radius 2 is 1.68 bits per heavy atom. The first-order chi connectivity index (χ1) is 8.73. The zero-order valence-corrected chi connectivity index (χ0v) is 10.4. The molecule has 19 heavy (non-hydrogen) atoms. The number of halogens is 3. The fourth-order valence-corrected chi connectivity index (χ4v) is 2.20. The molecule has 2 N–H and O–H groups in total. The van der Waals surface area contributed by atoms with Gasteiger partial charge in [-0.1, -0.05) is 18.2 Å². The van der Waals surface area contributed by atoms with Crippen molar-refractivity contribution in [3.05, 3.63) is 30.3 Å². The van der Waals surface area contributed by atoms with Crippen LogP contribution in [-0.2, 0) is 14.8 Å². The summed E-state index contributed by atoms with van der Waals surface area (Å²) in [7, 11) is -3.78. The Kier molecular flexibility index (Phi) is 4.90. The van der Waals surface area contributed by atoms with Gasteiger partial charge in [-0.2, -0.15) is 13.2 Å². The fraction of sp³-hybridized carbons (Fsp3) is 0.300. The van der Waals surface area contributed by atoms with Gasteiger partial charge in [0.25, 0.3) is 0 Å². The molecule has 5 nitrogen and oxygen atoms in total. The predicted octanol–water partition coefficient (Wildman–Crippen LogP) is 0.643. The van der Waals surface area contributed by atoms with Gasteiger partial charge in [0.2, 0.25) is 10.0 Å². The Labute approximate surface area is 107 Å². The summed E-state index contributed by atoms with van der Waals surface area (Å²) in [4.78, 5) is 10.4. The molecule has 0 aliphatic rings. The molecule has 0 saturated carbocycles. The van der Waals surface area contributed by atoms with Gasteiger partial charge in [0.1, 0.15) is 0 Å². The van der Waals surface area contributed by atoms with Crippen molar-refractivity contribution in [3.8, 4) is 0 Å². The van der Waals surface area contributed by atoms with E-state index in [4.69, 9.17) is 0 Å². The minimum atomic E-state index is -4.97. The number of rotatable bonds is 5. The second-order valence-corrected chi connectivity index (χ2v) is 5.23. The standard InChI is InChI=1S/C10H11F3N2O3S/c11-10(12,13)9(16)14-6-7-15-19(17,18)8-4-2-1-3-5-8/h1-5,15H,6-7H2,(H,14,16). The first kappa shape index (κ1) is 15.4. The lowest BCUT2D eigenvalue weighted by molar-refractivity contribution is -0.173. The van der Waals surface area contributed by atoms with E-state index in [0.717, 1.165) is 0 Å². The van der Waals surface area contributed by atoms with Crippen LogP contribution in [0.5, 0.6) is 0 Å². The van der Waals surface area contributed by atoms with Gasteiger partial charge in [-0.25, -0.2) is 13.1 Å². The average molecular weight is 296 g/mol. The summed E-state index contributed by atoms with van der Waals surface area (Å²) in [6.07, 6.45) is -4.97. The minimum absolute atomic E-state index is 0.00264. The average Bonchev–Trinajstić information content (AvgIpc) is 2.34. The van der Waals surface area contributed by atoms with E-state index in [1.165, 1.54) is 24.3 Å². The molecule has 1 rings (SSSR count). The van der Waals surface area contributed by atoms with Crippen molar-refractivity contribution in [2.75, 3.05) is 13.1 Å². The number of alkyl halides is 3. The van der Waals surface area contributed by atoms with Gasteiger partial charge in [0, 0.05) is 13.1 Å². The van der Waals surface area contributed by atoms with Crippen molar-refractivity contribution in [1.82, 2.24) is 10.0 Å². The predicted molar refractivity (Wildman–Crippen MR) is 60.7 cm³/mol. The van der Waals surface area contributed by atoms with Crippen LogP contribution in [0.2, 0.25) is 0 Å². The second-order valence-electron chi connectivity index (χ2n) is 3.46. The summed E-state index contributed by atoms with van der Waals surface area (Å²) in [5.74, 6) is -2.11. The first-order valence-corrected chi connectivity index (χ1v) is 6.61. The van der Waals surface area contributed by atoms with Gasteiger partial charge in [0.15, 0.2) is 0 Å². The molecule has 0 spiro atoms. The number of amides is 1. The number of hydrogen-bond acceptors (Lipinski definition) is 3. The summed E-state index contributed by atoms with van der Waals surface area (Å²) < 4.78 is 60.8. The molecule has 1 aromatic rings. The quantitative estimate of drug-likeness (QED) is 0.783. The van der Waals surface area contributed by atoms with Gasteiger partial charge in [0.05, 0.1) is 4.90 Å². The van der Waals surface area contributed by atoms with E-state index in [2.05, 4.69) is 4.72 Å². The monoisotopic (exact) mass is 296 g/mol. The van der Waals surface area contributed by atoms with E-state index in [1.54, 1.807) is 11.4 Å². The minimum Gasteiger partial charge on any atom is -0.347 e. The van der Waals surface area contributed by atoms with Crippen molar-refractivity contribution in [2.45, 2.75) is 11.1 Å². The molecule has 0 aliphatic heterocycles. The Hall–Kier alpha value is -1.61. The molecule has 106 valence electrons. The fourth-order valence-electron chi connectivity index (χ4n) is 1.14. The Morgan fingerprint density at radius 3 is 2.21 bits per heavy atom.